The quantitative estimate of drug-likeness (QED) is 0.565. The third-order valence-electron chi connectivity index (χ3n) is 3.26. The van der Waals surface area contributed by atoms with Crippen LogP contribution in [-0.2, 0) is 9.53 Å². The molecule has 0 bridgehead atoms. The first-order chi connectivity index (χ1) is 12.0. The first-order valence-electron chi connectivity index (χ1n) is 7.36. The van der Waals surface area contributed by atoms with Crippen molar-refractivity contribution in [2.45, 2.75) is 0 Å². The fourth-order valence-electron chi connectivity index (χ4n) is 1.93. The van der Waals surface area contributed by atoms with Gasteiger partial charge in [0.1, 0.15) is 12.3 Å². The SMILES string of the molecule is COc1cccc(C(=O)COC(=O)CNC(=O)c2ccc(Br)cc2)c1. The molecule has 7 heteroatoms. The number of nitrogens with one attached hydrogen (secondary N) is 1. The third kappa shape index (κ3) is 5.72. The average Bonchev–Trinajstić information content (AvgIpc) is 2.64. The maximum Gasteiger partial charge on any atom is 0.325 e. The molecule has 2 aromatic rings. The van der Waals surface area contributed by atoms with E-state index in [4.69, 9.17) is 9.47 Å². The Labute approximate surface area is 153 Å². The molecule has 2 rings (SSSR count). The minimum absolute atomic E-state index is 0.319. The summed E-state index contributed by atoms with van der Waals surface area (Å²) in [6.45, 7) is -0.722. The average molecular weight is 406 g/mol. The molecule has 6 nitrogen and oxygen atoms in total. The van der Waals surface area contributed by atoms with Gasteiger partial charge in [-0.2, -0.15) is 0 Å². The molecule has 0 radical (unpaired) electrons. The van der Waals surface area contributed by atoms with E-state index in [1.54, 1.807) is 48.5 Å². The number of carbonyl (C=O) groups is 3. The third-order valence-corrected chi connectivity index (χ3v) is 3.78. The molecular weight excluding hydrogens is 390 g/mol. The van der Waals surface area contributed by atoms with Gasteiger partial charge in [-0.25, -0.2) is 0 Å². The number of Topliss-reactive ketones (excluding diaryl/α,β-unsaturated/α-hetero) is 1. The van der Waals surface area contributed by atoms with Gasteiger partial charge in [0, 0.05) is 15.6 Å². The lowest BCUT2D eigenvalue weighted by atomic mass is 10.1. The minimum Gasteiger partial charge on any atom is -0.497 e. The zero-order chi connectivity index (χ0) is 18.2. The molecule has 0 aliphatic rings. The Morgan fingerprint density at radius 3 is 2.44 bits per heavy atom. The van der Waals surface area contributed by atoms with E-state index in [9.17, 15) is 14.4 Å². The molecule has 0 aliphatic carbocycles. The van der Waals surface area contributed by atoms with Crippen molar-refractivity contribution in [3.63, 3.8) is 0 Å². The van der Waals surface area contributed by atoms with E-state index >= 15 is 0 Å². The molecule has 25 heavy (non-hydrogen) atoms. The van der Waals surface area contributed by atoms with Gasteiger partial charge in [0.25, 0.3) is 5.91 Å². The predicted octanol–water partition coefficient (Wildman–Crippen LogP) is 2.61. The number of esters is 1. The van der Waals surface area contributed by atoms with E-state index in [1.165, 1.54) is 7.11 Å². The molecule has 0 aliphatic heterocycles. The number of rotatable bonds is 7. The van der Waals surface area contributed by atoms with Crippen LogP contribution in [0.2, 0.25) is 0 Å². The second kappa shape index (κ2) is 8.98. The Balaban J connectivity index is 1.79. The molecular formula is C18H16BrNO5. The molecule has 130 valence electrons. The van der Waals surface area contributed by atoms with E-state index in [0.29, 0.717) is 16.9 Å². The monoisotopic (exact) mass is 405 g/mol. The first-order valence-corrected chi connectivity index (χ1v) is 8.15. The van der Waals surface area contributed by atoms with Crippen LogP contribution in [0, 0.1) is 0 Å². The van der Waals surface area contributed by atoms with Gasteiger partial charge in [0.2, 0.25) is 0 Å². The predicted molar refractivity (Wildman–Crippen MR) is 94.8 cm³/mol. The van der Waals surface area contributed by atoms with Crippen LogP contribution in [-0.4, -0.2) is 37.9 Å². The minimum atomic E-state index is -0.693. The second-order valence-electron chi connectivity index (χ2n) is 5.01. The van der Waals surface area contributed by atoms with Gasteiger partial charge in [-0.15, -0.1) is 0 Å². The molecule has 1 N–H and O–H groups in total. The molecule has 1 amide bonds. The lowest BCUT2D eigenvalue weighted by molar-refractivity contribution is -0.141. The number of amides is 1. The molecule has 0 saturated heterocycles. The van der Waals surface area contributed by atoms with Crippen molar-refractivity contribution in [1.82, 2.24) is 5.32 Å². The second-order valence-corrected chi connectivity index (χ2v) is 5.92. The van der Waals surface area contributed by atoms with Crippen LogP contribution in [0.3, 0.4) is 0 Å². The zero-order valence-corrected chi connectivity index (χ0v) is 15.0. The smallest absolute Gasteiger partial charge is 0.325 e. The van der Waals surface area contributed by atoms with Gasteiger partial charge < -0.3 is 14.8 Å². The fraction of sp³-hybridized carbons (Fsp3) is 0.167. The fourth-order valence-corrected chi connectivity index (χ4v) is 2.20. The van der Waals surface area contributed by atoms with Crippen molar-refractivity contribution in [2.75, 3.05) is 20.3 Å². The van der Waals surface area contributed by atoms with Crippen molar-refractivity contribution < 1.29 is 23.9 Å². The van der Waals surface area contributed by atoms with Crippen LogP contribution < -0.4 is 10.1 Å². The van der Waals surface area contributed by atoms with E-state index < -0.39 is 18.5 Å². The number of carbonyl (C=O) groups excluding carboxylic acids is 3. The molecule has 0 unspecified atom stereocenters. The number of hydrogen-bond donors (Lipinski definition) is 1. The van der Waals surface area contributed by atoms with Gasteiger partial charge in [-0.1, -0.05) is 28.1 Å². The van der Waals surface area contributed by atoms with Gasteiger partial charge in [-0.3, -0.25) is 14.4 Å². The van der Waals surface area contributed by atoms with E-state index in [0.717, 1.165) is 4.47 Å². The summed E-state index contributed by atoms with van der Waals surface area (Å²) in [5, 5.41) is 2.44. The highest BCUT2D eigenvalue weighted by Crippen LogP contribution is 2.13. The topological polar surface area (TPSA) is 81.7 Å². The van der Waals surface area contributed by atoms with Crippen molar-refractivity contribution in [3.8, 4) is 5.75 Å². The van der Waals surface area contributed by atoms with E-state index in [-0.39, 0.29) is 12.3 Å². The summed E-state index contributed by atoms with van der Waals surface area (Å²) < 4.78 is 10.8. The Kier molecular flexibility index (Phi) is 6.71. The van der Waals surface area contributed by atoms with Crippen molar-refractivity contribution >= 4 is 33.6 Å². The zero-order valence-electron chi connectivity index (χ0n) is 13.5. The Bertz CT molecular complexity index is 773. The molecule has 0 saturated carbocycles. The highest BCUT2D eigenvalue weighted by Gasteiger charge is 2.12. The number of halogens is 1. The molecule has 0 fully saturated rings. The number of benzene rings is 2. The summed E-state index contributed by atoms with van der Waals surface area (Å²) in [5.74, 6) is -0.907. The number of ketones is 1. The van der Waals surface area contributed by atoms with Crippen molar-refractivity contribution in [2.24, 2.45) is 0 Å². The lowest BCUT2D eigenvalue weighted by Crippen LogP contribution is -2.31. The molecule has 2 aromatic carbocycles. The summed E-state index contributed by atoms with van der Waals surface area (Å²) in [5.41, 5.74) is 0.800. The normalized spacial score (nSPS) is 10.0. The first kappa shape index (κ1) is 18.7. The molecule has 0 heterocycles. The van der Waals surface area contributed by atoms with E-state index in [1.807, 2.05) is 0 Å². The maximum atomic E-state index is 12.0. The van der Waals surface area contributed by atoms with Gasteiger partial charge in [0.05, 0.1) is 7.11 Å². The molecule has 0 spiro atoms. The summed E-state index contributed by atoms with van der Waals surface area (Å²) in [6.07, 6.45) is 0. The summed E-state index contributed by atoms with van der Waals surface area (Å²) in [7, 11) is 1.50. The van der Waals surface area contributed by atoms with Crippen LogP contribution in [0.1, 0.15) is 20.7 Å². The van der Waals surface area contributed by atoms with Crippen LogP contribution in [0.15, 0.2) is 53.0 Å². The van der Waals surface area contributed by atoms with E-state index in [2.05, 4.69) is 21.2 Å². The van der Waals surface area contributed by atoms with Crippen LogP contribution in [0.25, 0.3) is 0 Å². The van der Waals surface area contributed by atoms with Gasteiger partial charge in [-0.05, 0) is 36.4 Å². The Morgan fingerprint density at radius 1 is 1.04 bits per heavy atom. The Morgan fingerprint density at radius 2 is 1.76 bits per heavy atom. The maximum absolute atomic E-state index is 12.0. The Hall–Kier alpha value is -2.67. The number of ether oxygens (including phenoxy) is 2. The molecule has 0 atom stereocenters. The summed E-state index contributed by atoms with van der Waals surface area (Å²) in [4.78, 5) is 35.5. The summed E-state index contributed by atoms with van der Waals surface area (Å²) >= 11 is 3.27. The highest BCUT2D eigenvalue weighted by atomic mass is 79.9. The number of methoxy groups -OCH3 is 1. The standard InChI is InChI=1S/C18H16BrNO5/c1-24-15-4-2-3-13(9-15)16(21)11-25-17(22)10-20-18(23)12-5-7-14(19)8-6-12/h2-9H,10-11H2,1H3,(H,20,23). The molecule has 0 aromatic heterocycles. The number of hydrogen-bond acceptors (Lipinski definition) is 5. The van der Waals surface area contributed by atoms with Gasteiger partial charge in [0.15, 0.2) is 12.4 Å². The van der Waals surface area contributed by atoms with Crippen LogP contribution >= 0.6 is 15.9 Å². The van der Waals surface area contributed by atoms with Crippen LogP contribution in [0.4, 0.5) is 0 Å². The lowest BCUT2D eigenvalue weighted by Gasteiger charge is -2.07. The van der Waals surface area contributed by atoms with Crippen molar-refractivity contribution in [3.05, 3.63) is 64.1 Å². The highest BCUT2D eigenvalue weighted by molar-refractivity contribution is 9.10. The van der Waals surface area contributed by atoms with Crippen LogP contribution in [0.5, 0.6) is 5.75 Å². The summed E-state index contributed by atoms with van der Waals surface area (Å²) in [6, 6.07) is 13.2. The largest absolute Gasteiger partial charge is 0.497 e. The van der Waals surface area contributed by atoms with Gasteiger partial charge >= 0.3 is 5.97 Å². The van der Waals surface area contributed by atoms with Crippen molar-refractivity contribution in [1.29, 1.82) is 0 Å².